The number of non-ortho nitro benzene ring substituents is 1. The Morgan fingerprint density at radius 1 is 1.11 bits per heavy atom. The van der Waals surface area contributed by atoms with Gasteiger partial charge in [0.2, 0.25) is 0 Å². The van der Waals surface area contributed by atoms with Gasteiger partial charge in [-0.05, 0) is 31.5 Å². The van der Waals surface area contributed by atoms with Crippen molar-refractivity contribution in [1.82, 2.24) is 10.2 Å². The molecule has 0 radical (unpaired) electrons. The molecule has 0 aromatic heterocycles. The third kappa shape index (κ3) is 3.72. The maximum absolute atomic E-state index is 13.1. The Balaban J connectivity index is 1.77. The van der Waals surface area contributed by atoms with Gasteiger partial charge in [-0.15, -0.1) is 0 Å². The molecule has 2 atom stereocenters. The van der Waals surface area contributed by atoms with Crippen LogP contribution in [0.4, 0.5) is 10.5 Å². The molecule has 28 heavy (non-hydrogen) atoms. The largest absolute Gasteiger partial charge is 0.329 e. The van der Waals surface area contributed by atoms with E-state index >= 15 is 0 Å². The number of benzene rings is 2. The van der Waals surface area contributed by atoms with E-state index < -0.39 is 16.5 Å². The summed E-state index contributed by atoms with van der Waals surface area (Å²) in [7, 11) is 0. The predicted octanol–water partition coefficient (Wildman–Crippen LogP) is 1.42. The second kappa shape index (κ2) is 7.77. The number of rotatable bonds is 7. The van der Waals surface area contributed by atoms with E-state index in [1.807, 2.05) is 37.3 Å². The minimum atomic E-state index is -1.24. The van der Waals surface area contributed by atoms with E-state index in [1.165, 1.54) is 29.2 Å². The van der Waals surface area contributed by atoms with Crippen LogP contribution in [0.1, 0.15) is 25.0 Å². The lowest BCUT2D eigenvalue weighted by Gasteiger charge is -2.24. The minimum absolute atomic E-state index is 0.0644. The highest BCUT2D eigenvalue weighted by Gasteiger charge is 2.50. The zero-order valence-corrected chi connectivity index (χ0v) is 15.8. The summed E-state index contributed by atoms with van der Waals surface area (Å²) in [4.78, 5) is 38.2. The van der Waals surface area contributed by atoms with Crippen molar-refractivity contribution in [3.05, 3.63) is 75.8 Å². The fourth-order valence-corrected chi connectivity index (χ4v) is 3.35. The molecule has 1 unspecified atom stereocenters. The maximum atomic E-state index is 13.1. The van der Waals surface area contributed by atoms with E-state index in [4.69, 9.17) is 0 Å². The molecule has 1 saturated heterocycles. The van der Waals surface area contributed by atoms with Crippen LogP contribution >= 0.6 is 0 Å². The third-order valence-electron chi connectivity index (χ3n) is 5.11. The lowest BCUT2D eigenvalue weighted by molar-refractivity contribution is -0.919. The Bertz CT molecular complexity index is 885. The van der Waals surface area contributed by atoms with Crippen LogP contribution in [0.2, 0.25) is 0 Å². The first-order valence-corrected chi connectivity index (χ1v) is 9.11. The number of quaternary nitrogens is 1. The van der Waals surface area contributed by atoms with Gasteiger partial charge < -0.3 is 10.2 Å². The van der Waals surface area contributed by atoms with Crippen molar-refractivity contribution in [2.75, 3.05) is 13.2 Å². The van der Waals surface area contributed by atoms with Crippen LogP contribution < -0.4 is 10.2 Å². The first-order valence-electron chi connectivity index (χ1n) is 9.11. The fourth-order valence-electron chi connectivity index (χ4n) is 3.35. The van der Waals surface area contributed by atoms with Crippen molar-refractivity contribution in [1.29, 1.82) is 0 Å². The molecule has 146 valence electrons. The molecule has 1 fully saturated rings. The number of nitrogens with zero attached hydrogens (tertiary/aromatic N) is 2. The molecule has 3 amide bonds. The molecule has 3 rings (SSSR count). The summed E-state index contributed by atoms with van der Waals surface area (Å²) in [6.07, 6.45) is 0. The highest BCUT2D eigenvalue weighted by molar-refractivity contribution is 6.07. The van der Waals surface area contributed by atoms with Crippen molar-refractivity contribution in [3.8, 4) is 0 Å². The van der Waals surface area contributed by atoms with Gasteiger partial charge in [-0.2, -0.15) is 0 Å². The quantitative estimate of drug-likeness (QED) is 0.429. The number of imide groups is 1. The van der Waals surface area contributed by atoms with E-state index in [2.05, 4.69) is 5.32 Å². The molecule has 0 spiro atoms. The van der Waals surface area contributed by atoms with Crippen LogP contribution in [-0.2, 0) is 16.9 Å². The standard InChI is InChI=1S/C20H22N4O4/c1-3-22(13-15-7-5-4-6-8-15)14-23-18(25)20(2,21-19(23)26)16-9-11-17(12-10-16)24(27)28/h4-12H,3,13-14H2,1-2H3,(H,21,26)/p+1/t20-/m1/s1. The van der Waals surface area contributed by atoms with E-state index in [0.717, 1.165) is 17.0 Å². The SMILES string of the molecule is CC[NH+](Cc1ccccc1)CN1C(=O)N[C@](C)(c2ccc([N+](=O)[O-])cc2)C1=O. The molecule has 8 nitrogen and oxygen atoms in total. The molecule has 1 aliphatic heterocycles. The van der Waals surface area contributed by atoms with Crippen LogP contribution in [0.3, 0.4) is 0 Å². The summed E-state index contributed by atoms with van der Waals surface area (Å²) >= 11 is 0. The number of carbonyl (C=O) groups excluding carboxylic acids is 2. The van der Waals surface area contributed by atoms with Gasteiger partial charge in [0.15, 0.2) is 6.67 Å². The summed E-state index contributed by atoms with van der Waals surface area (Å²) < 4.78 is 0. The summed E-state index contributed by atoms with van der Waals surface area (Å²) in [5, 5.41) is 13.6. The number of amides is 3. The van der Waals surface area contributed by atoms with Gasteiger partial charge in [0.05, 0.1) is 11.5 Å². The van der Waals surface area contributed by atoms with Gasteiger partial charge >= 0.3 is 6.03 Å². The fraction of sp³-hybridized carbons (Fsp3) is 0.300. The minimum Gasteiger partial charge on any atom is -0.319 e. The summed E-state index contributed by atoms with van der Waals surface area (Å²) in [5.41, 5.74) is 0.340. The molecule has 1 heterocycles. The number of urea groups is 1. The number of nitro benzene ring substituents is 1. The monoisotopic (exact) mass is 383 g/mol. The topological polar surface area (TPSA) is 97.0 Å². The Hall–Kier alpha value is -3.26. The molecular formula is C20H23N4O4+. The zero-order chi connectivity index (χ0) is 20.3. The summed E-state index contributed by atoms with van der Waals surface area (Å²) in [6.45, 7) is 5.32. The lowest BCUT2D eigenvalue weighted by Crippen LogP contribution is -3.12. The van der Waals surface area contributed by atoms with Crippen LogP contribution in [0, 0.1) is 10.1 Å². The zero-order valence-electron chi connectivity index (χ0n) is 15.8. The third-order valence-corrected chi connectivity index (χ3v) is 5.11. The van der Waals surface area contributed by atoms with Crippen LogP contribution in [-0.4, -0.2) is 35.0 Å². The second-order valence-electron chi connectivity index (χ2n) is 7.02. The Morgan fingerprint density at radius 3 is 2.32 bits per heavy atom. The molecule has 8 heteroatoms. The molecule has 0 bridgehead atoms. The predicted molar refractivity (Wildman–Crippen MR) is 102 cm³/mol. The number of carbonyl (C=O) groups is 2. The second-order valence-corrected chi connectivity index (χ2v) is 7.02. The van der Waals surface area contributed by atoms with Crippen LogP contribution in [0.25, 0.3) is 0 Å². The molecule has 1 aliphatic rings. The van der Waals surface area contributed by atoms with Crippen molar-refractivity contribution in [2.45, 2.75) is 25.9 Å². The maximum Gasteiger partial charge on any atom is 0.329 e. The molecule has 0 saturated carbocycles. The molecule has 2 aromatic rings. The van der Waals surface area contributed by atoms with Crippen molar-refractivity contribution in [3.63, 3.8) is 0 Å². The normalized spacial score (nSPS) is 20.1. The molecule has 0 aliphatic carbocycles. The summed E-state index contributed by atoms with van der Waals surface area (Å²) in [6, 6.07) is 15.1. The molecular weight excluding hydrogens is 360 g/mol. The van der Waals surface area contributed by atoms with Gasteiger partial charge in [0, 0.05) is 17.7 Å². The van der Waals surface area contributed by atoms with E-state index in [0.29, 0.717) is 12.1 Å². The van der Waals surface area contributed by atoms with Crippen LogP contribution in [0.5, 0.6) is 0 Å². The van der Waals surface area contributed by atoms with E-state index in [1.54, 1.807) is 6.92 Å². The van der Waals surface area contributed by atoms with Crippen molar-refractivity contribution in [2.24, 2.45) is 0 Å². The van der Waals surface area contributed by atoms with E-state index in [-0.39, 0.29) is 18.3 Å². The van der Waals surface area contributed by atoms with Crippen LogP contribution in [0.15, 0.2) is 54.6 Å². The first-order chi connectivity index (χ1) is 13.3. The molecule has 2 aromatic carbocycles. The highest BCUT2D eigenvalue weighted by Crippen LogP contribution is 2.29. The van der Waals surface area contributed by atoms with Gasteiger partial charge in [-0.1, -0.05) is 30.3 Å². The Morgan fingerprint density at radius 2 is 1.75 bits per heavy atom. The Labute approximate surface area is 162 Å². The van der Waals surface area contributed by atoms with Gasteiger partial charge in [0.1, 0.15) is 12.1 Å². The average molecular weight is 383 g/mol. The smallest absolute Gasteiger partial charge is 0.319 e. The number of hydrogen-bond acceptors (Lipinski definition) is 4. The van der Waals surface area contributed by atoms with Gasteiger partial charge in [-0.25, -0.2) is 9.69 Å². The Kier molecular flexibility index (Phi) is 5.41. The number of nitrogens with one attached hydrogen (secondary N) is 2. The highest BCUT2D eigenvalue weighted by atomic mass is 16.6. The number of nitro groups is 1. The van der Waals surface area contributed by atoms with E-state index in [9.17, 15) is 19.7 Å². The van der Waals surface area contributed by atoms with Gasteiger partial charge in [0.25, 0.3) is 11.6 Å². The molecule has 2 N–H and O–H groups in total. The first kappa shape index (κ1) is 19.5. The summed E-state index contributed by atoms with van der Waals surface area (Å²) in [5.74, 6) is -0.356. The number of hydrogen-bond donors (Lipinski definition) is 2. The lowest BCUT2D eigenvalue weighted by atomic mass is 9.92. The van der Waals surface area contributed by atoms with Crippen molar-refractivity contribution >= 4 is 17.6 Å². The average Bonchev–Trinajstić information content (AvgIpc) is 2.92. The van der Waals surface area contributed by atoms with Crippen molar-refractivity contribution < 1.29 is 19.4 Å². The van der Waals surface area contributed by atoms with Gasteiger partial charge in [-0.3, -0.25) is 14.9 Å².